The van der Waals surface area contributed by atoms with Gasteiger partial charge in [-0.1, -0.05) is 0 Å². The number of rotatable bonds is 1. The maximum atomic E-state index is 10.6. The largest absolute Gasteiger partial charge is 0.508 e. The summed E-state index contributed by atoms with van der Waals surface area (Å²) in [6.07, 6.45) is 0. The van der Waals surface area contributed by atoms with E-state index in [4.69, 9.17) is 5.11 Å². The molecule has 0 unspecified atom stereocenters. The molecule has 0 heterocycles. The van der Waals surface area contributed by atoms with Gasteiger partial charge in [0, 0.05) is 5.56 Å². The fraction of sp³-hybridized carbons (Fsp3) is 0.125. The second kappa shape index (κ2) is 3.26. The molecule has 70 valence electrons. The van der Waals surface area contributed by atoms with Crippen molar-refractivity contribution < 1.29 is 20.1 Å². The Morgan fingerprint density at radius 2 is 2.00 bits per heavy atom. The molecule has 1 rings (SSSR count). The van der Waals surface area contributed by atoms with Crippen molar-refractivity contribution in [3.05, 3.63) is 21.7 Å². The predicted molar refractivity (Wildman–Crippen MR) is 49.2 cm³/mol. The van der Waals surface area contributed by atoms with Gasteiger partial charge in [-0.25, -0.2) is 4.79 Å². The first kappa shape index (κ1) is 9.85. The van der Waals surface area contributed by atoms with Gasteiger partial charge in [-0.2, -0.15) is 0 Å². The summed E-state index contributed by atoms with van der Waals surface area (Å²) in [6, 6.07) is 1.08. The molecule has 0 saturated carbocycles. The average Bonchev–Trinajstić information content (AvgIpc) is 2.07. The molecule has 0 fully saturated rings. The summed E-state index contributed by atoms with van der Waals surface area (Å²) in [5, 5.41) is 27.2. The minimum Gasteiger partial charge on any atom is -0.508 e. The molecule has 0 radical (unpaired) electrons. The summed E-state index contributed by atoms with van der Waals surface area (Å²) in [4.78, 5) is 10.6. The number of carboxylic acid groups (broad SMARTS) is 1. The third-order valence-corrected chi connectivity index (χ3v) is 2.50. The highest BCUT2D eigenvalue weighted by atomic mass is 79.9. The first-order valence-corrected chi connectivity index (χ1v) is 4.18. The summed E-state index contributed by atoms with van der Waals surface area (Å²) >= 11 is 2.92. The number of benzene rings is 1. The topological polar surface area (TPSA) is 77.8 Å². The SMILES string of the molecule is Cc1c(O)cc(C(=O)O)c(Br)c1O. The van der Waals surface area contributed by atoms with Crippen LogP contribution < -0.4 is 0 Å². The van der Waals surface area contributed by atoms with Crippen LogP contribution in [0.1, 0.15) is 15.9 Å². The van der Waals surface area contributed by atoms with Crippen LogP contribution in [-0.2, 0) is 0 Å². The summed E-state index contributed by atoms with van der Waals surface area (Å²) in [7, 11) is 0. The molecule has 5 heteroatoms. The highest BCUT2D eigenvalue weighted by Crippen LogP contribution is 2.36. The lowest BCUT2D eigenvalue weighted by Crippen LogP contribution is -1.98. The summed E-state index contributed by atoms with van der Waals surface area (Å²) < 4.78 is 0.0790. The first-order valence-electron chi connectivity index (χ1n) is 3.39. The second-order valence-electron chi connectivity index (χ2n) is 2.54. The molecule has 0 aliphatic carbocycles. The number of hydrogen-bond donors (Lipinski definition) is 3. The fourth-order valence-electron chi connectivity index (χ4n) is 0.877. The maximum absolute atomic E-state index is 10.6. The number of phenolic OH excluding ortho intramolecular Hbond substituents is 2. The Morgan fingerprint density at radius 1 is 1.46 bits per heavy atom. The van der Waals surface area contributed by atoms with E-state index in [0.29, 0.717) is 0 Å². The zero-order valence-corrected chi connectivity index (χ0v) is 8.29. The van der Waals surface area contributed by atoms with Crippen molar-refractivity contribution in [2.45, 2.75) is 6.92 Å². The molecule has 0 bridgehead atoms. The van der Waals surface area contributed by atoms with Crippen LogP contribution in [0, 0.1) is 6.92 Å². The van der Waals surface area contributed by atoms with Gasteiger partial charge in [0.2, 0.25) is 0 Å². The number of carboxylic acids is 1. The standard InChI is InChI=1S/C8H7BrO4/c1-3-5(10)2-4(8(12)13)6(9)7(3)11/h2,10-11H,1H3,(H,12,13). The highest BCUT2D eigenvalue weighted by Gasteiger charge is 2.16. The number of halogens is 1. The third-order valence-electron chi connectivity index (χ3n) is 1.70. The van der Waals surface area contributed by atoms with E-state index in [1.165, 1.54) is 6.92 Å². The van der Waals surface area contributed by atoms with Crippen LogP contribution in [0.15, 0.2) is 10.5 Å². The highest BCUT2D eigenvalue weighted by molar-refractivity contribution is 9.10. The molecular formula is C8H7BrO4. The van der Waals surface area contributed by atoms with Crippen LogP contribution >= 0.6 is 15.9 Å². The minimum atomic E-state index is -1.21. The molecule has 4 nitrogen and oxygen atoms in total. The zero-order valence-electron chi connectivity index (χ0n) is 6.71. The van der Waals surface area contributed by atoms with Gasteiger partial charge in [-0.3, -0.25) is 0 Å². The molecule has 0 amide bonds. The van der Waals surface area contributed by atoms with Gasteiger partial charge in [-0.15, -0.1) is 0 Å². The van der Waals surface area contributed by atoms with E-state index < -0.39 is 5.97 Å². The Kier molecular flexibility index (Phi) is 2.47. The predicted octanol–water partition coefficient (Wildman–Crippen LogP) is 1.87. The van der Waals surface area contributed by atoms with Crippen molar-refractivity contribution in [1.29, 1.82) is 0 Å². The summed E-state index contributed by atoms with van der Waals surface area (Å²) in [6.45, 7) is 1.49. The number of aromatic hydroxyl groups is 2. The monoisotopic (exact) mass is 246 g/mol. The van der Waals surface area contributed by atoms with Gasteiger partial charge < -0.3 is 15.3 Å². The number of phenols is 2. The Balaban J connectivity index is 3.50. The normalized spacial score (nSPS) is 10.0. The van der Waals surface area contributed by atoms with E-state index in [2.05, 4.69) is 15.9 Å². The lowest BCUT2D eigenvalue weighted by molar-refractivity contribution is 0.0695. The van der Waals surface area contributed by atoms with Crippen LogP contribution in [0.2, 0.25) is 0 Å². The molecule has 13 heavy (non-hydrogen) atoms. The van der Waals surface area contributed by atoms with E-state index in [9.17, 15) is 15.0 Å². The zero-order chi connectivity index (χ0) is 10.2. The molecule has 0 aliphatic heterocycles. The molecule has 1 aromatic carbocycles. The third kappa shape index (κ3) is 1.60. The van der Waals surface area contributed by atoms with Crippen molar-refractivity contribution in [2.75, 3.05) is 0 Å². The van der Waals surface area contributed by atoms with Crippen LogP contribution in [0.25, 0.3) is 0 Å². The van der Waals surface area contributed by atoms with Gasteiger partial charge in [0.25, 0.3) is 0 Å². The number of aromatic carboxylic acids is 1. The number of hydrogen-bond acceptors (Lipinski definition) is 3. The van der Waals surface area contributed by atoms with E-state index in [0.717, 1.165) is 6.07 Å². The smallest absolute Gasteiger partial charge is 0.337 e. The molecule has 3 N–H and O–H groups in total. The Morgan fingerprint density at radius 3 is 2.46 bits per heavy atom. The van der Waals surface area contributed by atoms with Crippen molar-refractivity contribution in [1.82, 2.24) is 0 Å². The Labute approximate surface area is 82.6 Å². The van der Waals surface area contributed by atoms with Gasteiger partial charge in [0.05, 0.1) is 10.0 Å². The van der Waals surface area contributed by atoms with Gasteiger partial charge >= 0.3 is 5.97 Å². The van der Waals surface area contributed by atoms with Gasteiger partial charge in [0.1, 0.15) is 11.5 Å². The summed E-state index contributed by atoms with van der Waals surface area (Å²) in [5.41, 5.74) is 0.0810. The second-order valence-corrected chi connectivity index (χ2v) is 3.33. The molecular weight excluding hydrogens is 240 g/mol. The van der Waals surface area contributed by atoms with E-state index in [-0.39, 0.29) is 27.1 Å². The maximum Gasteiger partial charge on any atom is 0.337 e. The van der Waals surface area contributed by atoms with E-state index in [1.54, 1.807) is 0 Å². The van der Waals surface area contributed by atoms with Crippen LogP contribution in [0.4, 0.5) is 0 Å². The molecule has 1 aromatic rings. The van der Waals surface area contributed by atoms with Crippen molar-refractivity contribution in [3.63, 3.8) is 0 Å². The van der Waals surface area contributed by atoms with E-state index >= 15 is 0 Å². The van der Waals surface area contributed by atoms with Gasteiger partial charge in [0.15, 0.2) is 0 Å². The average molecular weight is 247 g/mol. The minimum absolute atomic E-state index is 0.0790. The van der Waals surface area contributed by atoms with Crippen LogP contribution in [-0.4, -0.2) is 21.3 Å². The fourth-order valence-corrected chi connectivity index (χ4v) is 1.46. The van der Waals surface area contributed by atoms with E-state index in [1.807, 2.05) is 0 Å². The van der Waals surface area contributed by atoms with Crippen molar-refractivity contribution >= 4 is 21.9 Å². The molecule has 0 atom stereocenters. The molecule has 0 spiro atoms. The number of carbonyl (C=O) groups is 1. The molecule has 0 aromatic heterocycles. The molecule has 0 aliphatic rings. The molecule has 0 saturated heterocycles. The van der Waals surface area contributed by atoms with Crippen molar-refractivity contribution in [3.8, 4) is 11.5 Å². The Bertz CT molecular complexity index is 373. The lowest BCUT2D eigenvalue weighted by atomic mass is 10.1. The van der Waals surface area contributed by atoms with Crippen molar-refractivity contribution in [2.24, 2.45) is 0 Å². The Hall–Kier alpha value is -1.23. The lowest BCUT2D eigenvalue weighted by Gasteiger charge is -2.06. The van der Waals surface area contributed by atoms with Crippen LogP contribution in [0.3, 0.4) is 0 Å². The van der Waals surface area contributed by atoms with Crippen LogP contribution in [0.5, 0.6) is 11.5 Å². The van der Waals surface area contributed by atoms with Gasteiger partial charge in [-0.05, 0) is 28.9 Å². The quantitative estimate of drug-likeness (QED) is 0.707. The summed E-state index contributed by atoms with van der Waals surface area (Å²) in [5.74, 6) is -1.70. The first-order chi connectivity index (χ1) is 5.95.